The molecule has 7 heteroatoms. The highest BCUT2D eigenvalue weighted by Gasteiger charge is 2.09. The highest BCUT2D eigenvalue weighted by atomic mass is 35.5. The van der Waals surface area contributed by atoms with E-state index in [1.165, 1.54) is 6.20 Å². The van der Waals surface area contributed by atoms with Crippen LogP contribution in [0.1, 0.15) is 0 Å². The highest BCUT2D eigenvalue weighted by molar-refractivity contribution is 6.29. The van der Waals surface area contributed by atoms with Gasteiger partial charge in [-0.05, 0) is 12.1 Å². The molecule has 2 N–H and O–H groups in total. The van der Waals surface area contributed by atoms with Gasteiger partial charge in [0.05, 0.1) is 24.6 Å². The van der Waals surface area contributed by atoms with E-state index in [1.54, 1.807) is 12.1 Å². The van der Waals surface area contributed by atoms with E-state index in [1.807, 2.05) is 0 Å². The number of hydrogen-bond acceptors (Lipinski definition) is 6. The molecule has 6 nitrogen and oxygen atoms in total. The number of nitrogens with two attached hydrogens (primary N) is 1. The Bertz CT molecular complexity index is 509. The molecule has 0 aliphatic heterocycles. The van der Waals surface area contributed by atoms with Crippen molar-refractivity contribution in [3.8, 4) is 0 Å². The fraction of sp³-hybridized carbons (Fsp3) is 0.0909. The zero-order chi connectivity index (χ0) is 13.5. The third-order valence-electron chi connectivity index (χ3n) is 1.91. The van der Waals surface area contributed by atoms with Crippen LogP contribution in [-0.2, 0) is 14.3 Å². The molecule has 1 rings (SSSR count). The minimum atomic E-state index is -0.794. The second-order valence-electron chi connectivity index (χ2n) is 3.08. The van der Waals surface area contributed by atoms with Crippen LogP contribution < -0.4 is 5.73 Å². The number of hydrogen-bond donors (Lipinski definition) is 1. The zero-order valence-corrected chi connectivity index (χ0v) is 10.2. The summed E-state index contributed by atoms with van der Waals surface area (Å²) in [4.78, 5) is 29.6. The van der Waals surface area contributed by atoms with Crippen LogP contribution in [0.3, 0.4) is 0 Å². The van der Waals surface area contributed by atoms with Gasteiger partial charge in [-0.15, -0.1) is 0 Å². The van der Waals surface area contributed by atoms with E-state index in [4.69, 9.17) is 17.3 Å². The number of pyridine rings is 1. The second kappa shape index (κ2) is 6.51. The van der Waals surface area contributed by atoms with Crippen molar-refractivity contribution in [2.75, 3.05) is 7.11 Å². The molecule has 0 radical (unpaired) electrons. The number of aldehydes is 1. The largest absolute Gasteiger partial charge is 0.464 e. The standard InChI is InChI=1S/C11H10ClN3O3/c1-18-11(17)10(13)7(6-16)4-14-8-2-3-9(12)15-5-8/h2-6H,13H2,1H3/b10-7+,14-4?. The van der Waals surface area contributed by atoms with Gasteiger partial charge >= 0.3 is 5.97 Å². The predicted molar refractivity (Wildman–Crippen MR) is 66.7 cm³/mol. The third kappa shape index (κ3) is 3.67. The molecule has 0 saturated heterocycles. The van der Waals surface area contributed by atoms with Gasteiger partial charge in [-0.2, -0.15) is 0 Å². The van der Waals surface area contributed by atoms with E-state index in [-0.39, 0.29) is 11.3 Å². The van der Waals surface area contributed by atoms with Crippen molar-refractivity contribution in [2.45, 2.75) is 0 Å². The van der Waals surface area contributed by atoms with Gasteiger partial charge < -0.3 is 10.5 Å². The molecule has 0 fully saturated rings. The number of esters is 1. The fourth-order valence-electron chi connectivity index (χ4n) is 0.980. The van der Waals surface area contributed by atoms with Crippen LogP contribution in [0, 0.1) is 0 Å². The molecule has 0 bridgehead atoms. The monoisotopic (exact) mass is 267 g/mol. The second-order valence-corrected chi connectivity index (χ2v) is 3.46. The van der Waals surface area contributed by atoms with Gasteiger partial charge in [-0.25, -0.2) is 9.78 Å². The summed E-state index contributed by atoms with van der Waals surface area (Å²) in [5.74, 6) is -0.794. The van der Waals surface area contributed by atoms with Crippen LogP contribution in [0.2, 0.25) is 5.15 Å². The summed E-state index contributed by atoms with van der Waals surface area (Å²) in [7, 11) is 1.16. The van der Waals surface area contributed by atoms with E-state index < -0.39 is 5.97 Å². The molecule has 0 saturated carbocycles. The first-order valence-electron chi connectivity index (χ1n) is 4.77. The van der Waals surface area contributed by atoms with Gasteiger partial charge in [0, 0.05) is 6.21 Å². The molecule has 94 valence electrons. The van der Waals surface area contributed by atoms with Crippen LogP contribution in [0.25, 0.3) is 0 Å². The number of carbonyl (C=O) groups excluding carboxylic acids is 2. The summed E-state index contributed by atoms with van der Waals surface area (Å²) in [6.07, 6.45) is 2.98. The number of aromatic nitrogens is 1. The number of halogens is 1. The molecular weight excluding hydrogens is 258 g/mol. The normalized spacial score (nSPS) is 12.1. The van der Waals surface area contributed by atoms with Crippen molar-refractivity contribution in [3.05, 3.63) is 34.8 Å². The number of allylic oxidation sites excluding steroid dienone is 1. The van der Waals surface area contributed by atoms with Crippen LogP contribution >= 0.6 is 11.6 Å². The molecular formula is C11H10ClN3O3. The van der Waals surface area contributed by atoms with Crippen LogP contribution in [0.5, 0.6) is 0 Å². The average Bonchev–Trinajstić information content (AvgIpc) is 2.40. The van der Waals surface area contributed by atoms with Crippen LogP contribution in [-0.4, -0.2) is 30.6 Å². The van der Waals surface area contributed by atoms with Gasteiger partial charge in [-0.1, -0.05) is 11.6 Å². The zero-order valence-electron chi connectivity index (χ0n) is 9.46. The van der Waals surface area contributed by atoms with E-state index in [0.29, 0.717) is 17.1 Å². The van der Waals surface area contributed by atoms with Crippen molar-refractivity contribution in [2.24, 2.45) is 10.7 Å². The van der Waals surface area contributed by atoms with E-state index in [2.05, 4.69) is 14.7 Å². The summed E-state index contributed by atoms with van der Waals surface area (Å²) in [5, 5.41) is 0.328. The maximum absolute atomic E-state index is 11.1. The predicted octanol–water partition coefficient (Wildman–Crippen LogP) is 1.02. The van der Waals surface area contributed by atoms with Gasteiger partial charge in [0.1, 0.15) is 10.9 Å². The number of nitrogens with zero attached hydrogens (tertiary/aromatic N) is 2. The minimum absolute atomic E-state index is 0.0724. The molecule has 0 aliphatic carbocycles. The van der Waals surface area contributed by atoms with Crippen molar-refractivity contribution in [3.63, 3.8) is 0 Å². The smallest absolute Gasteiger partial charge is 0.354 e. The van der Waals surface area contributed by atoms with Crippen molar-refractivity contribution in [1.29, 1.82) is 0 Å². The summed E-state index contributed by atoms with van der Waals surface area (Å²) in [6.45, 7) is 0. The maximum atomic E-state index is 11.1. The fourth-order valence-corrected chi connectivity index (χ4v) is 1.09. The van der Waals surface area contributed by atoms with Crippen molar-refractivity contribution >= 4 is 35.8 Å². The lowest BCUT2D eigenvalue weighted by Gasteiger charge is -2.00. The molecule has 1 aromatic rings. The Morgan fingerprint density at radius 2 is 2.28 bits per heavy atom. The lowest BCUT2D eigenvalue weighted by atomic mass is 10.2. The Labute approximate surface area is 108 Å². The lowest BCUT2D eigenvalue weighted by Crippen LogP contribution is -2.16. The Balaban J connectivity index is 2.96. The molecule has 0 aromatic carbocycles. The quantitative estimate of drug-likeness (QED) is 0.289. The Morgan fingerprint density at radius 3 is 2.78 bits per heavy atom. The molecule has 0 atom stereocenters. The van der Waals surface area contributed by atoms with Crippen molar-refractivity contribution in [1.82, 2.24) is 4.98 Å². The Morgan fingerprint density at radius 1 is 1.56 bits per heavy atom. The molecule has 0 unspecified atom stereocenters. The SMILES string of the molecule is COC(=O)/C(N)=C(\C=O)C=Nc1ccc(Cl)nc1. The molecule has 0 amide bonds. The van der Waals surface area contributed by atoms with E-state index >= 15 is 0 Å². The van der Waals surface area contributed by atoms with Gasteiger partial charge in [-0.3, -0.25) is 9.79 Å². The lowest BCUT2D eigenvalue weighted by molar-refractivity contribution is -0.136. The summed E-state index contributed by atoms with van der Waals surface area (Å²) in [5.41, 5.74) is 5.51. The highest BCUT2D eigenvalue weighted by Crippen LogP contribution is 2.12. The average molecular weight is 268 g/mol. The minimum Gasteiger partial charge on any atom is -0.464 e. The molecule has 1 aromatic heterocycles. The van der Waals surface area contributed by atoms with E-state index in [9.17, 15) is 9.59 Å². The Kier molecular flexibility index (Phi) is 5.01. The topological polar surface area (TPSA) is 94.6 Å². The summed E-state index contributed by atoms with van der Waals surface area (Å²) >= 11 is 5.60. The van der Waals surface area contributed by atoms with Gasteiger partial charge in [0.25, 0.3) is 0 Å². The number of carbonyl (C=O) groups is 2. The number of ether oxygens (including phenoxy) is 1. The molecule has 0 spiro atoms. The summed E-state index contributed by atoms with van der Waals surface area (Å²) in [6, 6.07) is 3.14. The summed E-state index contributed by atoms with van der Waals surface area (Å²) < 4.78 is 4.39. The first-order valence-corrected chi connectivity index (χ1v) is 5.15. The molecule has 1 heterocycles. The van der Waals surface area contributed by atoms with Crippen LogP contribution in [0.4, 0.5) is 5.69 Å². The number of aliphatic imine (C=N–C) groups is 1. The number of rotatable bonds is 4. The van der Waals surface area contributed by atoms with Gasteiger partial charge in [0.2, 0.25) is 0 Å². The molecule has 0 aliphatic rings. The maximum Gasteiger partial charge on any atom is 0.354 e. The Hall–Kier alpha value is -2.21. The first-order chi connectivity index (χ1) is 8.58. The van der Waals surface area contributed by atoms with Gasteiger partial charge in [0.15, 0.2) is 6.29 Å². The van der Waals surface area contributed by atoms with E-state index in [0.717, 1.165) is 13.3 Å². The molecule has 18 heavy (non-hydrogen) atoms. The van der Waals surface area contributed by atoms with Crippen LogP contribution in [0.15, 0.2) is 34.6 Å². The number of methoxy groups -OCH3 is 1. The first kappa shape index (κ1) is 13.9. The third-order valence-corrected chi connectivity index (χ3v) is 2.13. The van der Waals surface area contributed by atoms with Crippen molar-refractivity contribution < 1.29 is 14.3 Å².